The maximum absolute atomic E-state index is 11.3. The fourth-order valence-electron chi connectivity index (χ4n) is 2.53. The van der Waals surface area contributed by atoms with Gasteiger partial charge < -0.3 is 19.0 Å². The van der Waals surface area contributed by atoms with Crippen molar-refractivity contribution in [1.82, 2.24) is 0 Å². The Balaban J connectivity index is 1.58. The largest absolute Gasteiger partial charge is 0.490 e. The Hall–Kier alpha value is -2.86. The lowest BCUT2D eigenvalue weighted by molar-refractivity contribution is -0.139. The molecule has 1 aliphatic heterocycles. The topological polar surface area (TPSA) is 86.0 Å². The van der Waals surface area contributed by atoms with Crippen molar-refractivity contribution in [3.8, 4) is 5.75 Å². The molecule has 0 bridgehead atoms. The zero-order chi connectivity index (χ0) is 18.0. The van der Waals surface area contributed by atoms with Crippen molar-refractivity contribution in [3.63, 3.8) is 0 Å². The van der Waals surface area contributed by atoms with Crippen LogP contribution in [0.5, 0.6) is 5.75 Å². The van der Waals surface area contributed by atoms with Gasteiger partial charge in [-0.2, -0.15) is 0 Å². The number of aliphatic hydroxyl groups excluding tert-OH is 1. The van der Waals surface area contributed by atoms with E-state index in [-0.39, 0.29) is 12.6 Å². The molecule has 0 fully saturated rings. The molecule has 0 aliphatic carbocycles. The summed E-state index contributed by atoms with van der Waals surface area (Å²) in [7, 11) is 0. The summed E-state index contributed by atoms with van der Waals surface area (Å²) < 4.78 is 15.8. The first-order chi connectivity index (χ1) is 11.9. The molecule has 2 heterocycles. The van der Waals surface area contributed by atoms with Crippen LogP contribution in [0.3, 0.4) is 0 Å². The molecule has 2 atom stereocenters. The molecule has 0 radical (unpaired) electrons. The Kier molecular flexibility index (Phi) is 4.72. The van der Waals surface area contributed by atoms with Crippen molar-refractivity contribution >= 4 is 16.9 Å². The molecular weight excluding hydrogens is 324 g/mol. The van der Waals surface area contributed by atoms with Crippen molar-refractivity contribution < 1.29 is 23.8 Å². The Bertz CT molecular complexity index is 908. The van der Waals surface area contributed by atoms with Gasteiger partial charge in [0.25, 0.3) is 0 Å². The highest BCUT2D eigenvalue weighted by Crippen LogP contribution is 2.22. The fraction of sp³-hybridized carbons (Fsp3) is 0.263. The minimum Gasteiger partial charge on any atom is -0.490 e. The number of fused-ring (bicyclic) bond motifs is 1. The molecule has 1 N–H and O–H groups in total. The number of hydrogen-bond acceptors (Lipinski definition) is 6. The molecule has 0 spiro atoms. The van der Waals surface area contributed by atoms with Crippen molar-refractivity contribution in [2.45, 2.75) is 25.6 Å². The average Bonchev–Trinajstić information content (AvgIpc) is 2.89. The second kappa shape index (κ2) is 6.94. The lowest BCUT2D eigenvalue weighted by Crippen LogP contribution is -2.22. The number of cyclic esters (lactones) is 1. The van der Waals surface area contributed by atoms with Gasteiger partial charge in [0, 0.05) is 29.5 Å². The molecule has 1 aromatic heterocycles. The number of rotatable bonds is 6. The highest BCUT2D eigenvalue weighted by molar-refractivity contribution is 5.90. The summed E-state index contributed by atoms with van der Waals surface area (Å²) in [6, 6.07) is 8.10. The zero-order valence-corrected chi connectivity index (χ0v) is 13.7. The summed E-state index contributed by atoms with van der Waals surface area (Å²) >= 11 is 0. The highest BCUT2D eigenvalue weighted by atomic mass is 16.5. The van der Waals surface area contributed by atoms with Gasteiger partial charge in [0.15, 0.2) is 0 Å². The number of ether oxygens (including phenoxy) is 2. The van der Waals surface area contributed by atoms with Crippen molar-refractivity contribution in [1.29, 1.82) is 0 Å². The van der Waals surface area contributed by atoms with E-state index in [0.717, 1.165) is 5.39 Å². The Morgan fingerprint density at radius 2 is 2.08 bits per heavy atom. The third-order valence-electron chi connectivity index (χ3n) is 3.95. The minimum absolute atomic E-state index is 0.00916. The molecule has 0 saturated heterocycles. The number of hydrogen-bond donors (Lipinski definition) is 1. The van der Waals surface area contributed by atoms with E-state index in [9.17, 15) is 14.7 Å². The van der Waals surface area contributed by atoms with Crippen LogP contribution in [0.4, 0.5) is 0 Å². The van der Waals surface area contributed by atoms with Gasteiger partial charge in [-0.15, -0.1) is 0 Å². The molecule has 0 saturated carbocycles. The third-order valence-corrected chi connectivity index (χ3v) is 3.95. The van der Waals surface area contributed by atoms with E-state index < -0.39 is 17.8 Å². The van der Waals surface area contributed by atoms with Crippen LogP contribution in [-0.4, -0.2) is 29.9 Å². The van der Waals surface area contributed by atoms with E-state index in [0.29, 0.717) is 28.9 Å². The molecular formula is C19H18O6. The van der Waals surface area contributed by atoms with Crippen molar-refractivity contribution in [2.75, 3.05) is 6.61 Å². The van der Waals surface area contributed by atoms with Gasteiger partial charge in [-0.1, -0.05) is 6.58 Å². The van der Waals surface area contributed by atoms with Crippen molar-refractivity contribution in [3.05, 3.63) is 64.6 Å². The van der Waals surface area contributed by atoms with Gasteiger partial charge >= 0.3 is 11.6 Å². The lowest BCUT2D eigenvalue weighted by Gasteiger charge is -2.17. The Morgan fingerprint density at radius 3 is 2.80 bits per heavy atom. The summed E-state index contributed by atoms with van der Waals surface area (Å²) in [6.45, 7) is 5.51. The average molecular weight is 342 g/mol. The molecule has 3 rings (SSSR count). The predicted molar refractivity (Wildman–Crippen MR) is 91.4 cm³/mol. The maximum atomic E-state index is 11.3. The van der Waals surface area contributed by atoms with E-state index in [4.69, 9.17) is 13.9 Å². The normalized spacial score (nSPS) is 17.9. The smallest absolute Gasteiger partial charge is 0.336 e. The van der Waals surface area contributed by atoms with Crippen molar-refractivity contribution in [2.24, 2.45) is 0 Å². The molecule has 0 amide bonds. The minimum atomic E-state index is -0.911. The molecule has 25 heavy (non-hydrogen) atoms. The fourth-order valence-corrected chi connectivity index (χ4v) is 2.53. The lowest BCUT2D eigenvalue weighted by atomic mass is 10.0. The van der Waals surface area contributed by atoms with Crippen LogP contribution >= 0.6 is 0 Å². The molecule has 130 valence electrons. The van der Waals surface area contributed by atoms with E-state index in [1.54, 1.807) is 37.3 Å². The van der Waals surface area contributed by atoms with Gasteiger partial charge in [-0.25, -0.2) is 9.59 Å². The number of aliphatic hydroxyl groups is 1. The predicted octanol–water partition coefficient (Wildman–Crippen LogP) is 2.35. The third kappa shape index (κ3) is 3.97. The van der Waals surface area contributed by atoms with Crippen LogP contribution < -0.4 is 10.4 Å². The summed E-state index contributed by atoms with van der Waals surface area (Å²) in [5, 5.41) is 10.9. The summed E-state index contributed by atoms with van der Waals surface area (Å²) in [4.78, 5) is 22.6. The standard InChI is InChI=1S/C19H18O6/c1-11(7-15-8-12(2)19(22)24-15)16(20)10-23-14-5-3-13-4-6-18(21)25-17(13)9-14/h3-6,8-9,15-16,20H,1,7,10H2,2H3/t15-,16-/m1/s1. The van der Waals surface area contributed by atoms with E-state index >= 15 is 0 Å². The van der Waals surface area contributed by atoms with Crippen LogP contribution in [-0.2, 0) is 9.53 Å². The van der Waals surface area contributed by atoms with Gasteiger partial charge in [0.1, 0.15) is 30.1 Å². The number of esters is 1. The van der Waals surface area contributed by atoms with Crippen LogP contribution in [0, 0.1) is 0 Å². The summed E-state index contributed by atoms with van der Waals surface area (Å²) in [5.41, 5.74) is 1.04. The highest BCUT2D eigenvalue weighted by Gasteiger charge is 2.24. The molecule has 2 aromatic rings. The van der Waals surface area contributed by atoms with Crippen LogP contribution in [0.2, 0.25) is 0 Å². The van der Waals surface area contributed by atoms with Crippen LogP contribution in [0.25, 0.3) is 11.0 Å². The first-order valence-electron chi connectivity index (χ1n) is 7.84. The summed E-state index contributed by atoms with van der Waals surface area (Å²) in [5.74, 6) is 0.123. The summed E-state index contributed by atoms with van der Waals surface area (Å²) in [6.07, 6.45) is 0.739. The zero-order valence-electron chi connectivity index (χ0n) is 13.7. The Morgan fingerprint density at radius 1 is 1.32 bits per heavy atom. The van der Waals surface area contributed by atoms with Crippen LogP contribution in [0.15, 0.2) is 63.3 Å². The first kappa shape index (κ1) is 17.0. The van der Waals surface area contributed by atoms with E-state index in [2.05, 4.69) is 6.58 Å². The molecule has 6 heteroatoms. The number of benzene rings is 1. The second-order valence-electron chi connectivity index (χ2n) is 5.94. The number of carbonyl (C=O) groups excluding carboxylic acids is 1. The van der Waals surface area contributed by atoms with E-state index in [1.807, 2.05) is 0 Å². The van der Waals surface area contributed by atoms with Crippen LogP contribution in [0.1, 0.15) is 13.3 Å². The molecule has 6 nitrogen and oxygen atoms in total. The molecule has 0 unspecified atom stereocenters. The molecule has 1 aliphatic rings. The van der Waals surface area contributed by atoms with Gasteiger partial charge in [0.2, 0.25) is 0 Å². The quantitative estimate of drug-likeness (QED) is 0.493. The SMILES string of the molecule is C=C(C[C@@H]1C=C(C)C(=O)O1)[C@H](O)COc1ccc2ccc(=O)oc2c1. The van der Waals surface area contributed by atoms with Gasteiger partial charge in [-0.05, 0) is 36.8 Å². The number of carbonyl (C=O) groups is 1. The Labute approximate surface area is 144 Å². The maximum Gasteiger partial charge on any atom is 0.336 e. The van der Waals surface area contributed by atoms with Gasteiger partial charge in [0.05, 0.1) is 0 Å². The van der Waals surface area contributed by atoms with Gasteiger partial charge in [-0.3, -0.25) is 0 Å². The van der Waals surface area contributed by atoms with E-state index in [1.165, 1.54) is 6.07 Å². The second-order valence-corrected chi connectivity index (χ2v) is 5.94. The molecule has 1 aromatic carbocycles. The monoisotopic (exact) mass is 342 g/mol. The first-order valence-corrected chi connectivity index (χ1v) is 7.84.